The number of alkyl halides is 2. The summed E-state index contributed by atoms with van der Waals surface area (Å²) < 4.78 is 32.4. The van der Waals surface area contributed by atoms with E-state index in [-0.39, 0.29) is 31.8 Å². The number of ether oxygens (including phenoxy) is 1. The minimum atomic E-state index is -2.68. The topological polar surface area (TPSA) is 56.6 Å². The fraction of sp³-hybridized carbons (Fsp3) is 0.333. The van der Waals surface area contributed by atoms with Crippen molar-refractivity contribution in [2.45, 2.75) is 18.8 Å². The predicted octanol–water partition coefficient (Wildman–Crippen LogP) is 3.96. The maximum Gasteiger partial charge on any atom is 0.253 e. The van der Waals surface area contributed by atoms with Gasteiger partial charge in [-0.2, -0.15) is 5.26 Å². The van der Waals surface area contributed by atoms with Gasteiger partial charge < -0.3 is 14.5 Å². The average Bonchev–Trinajstić information content (AvgIpc) is 2.72. The quantitative estimate of drug-likeness (QED) is 0.788. The molecule has 4 rings (SSSR count). The van der Waals surface area contributed by atoms with E-state index in [1.54, 1.807) is 24.3 Å². The molecule has 0 aliphatic carbocycles. The fourth-order valence-corrected chi connectivity index (χ4v) is 3.56. The highest BCUT2D eigenvalue weighted by molar-refractivity contribution is 5.95. The van der Waals surface area contributed by atoms with Crippen LogP contribution in [0.25, 0.3) is 0 Å². The van der Waals surface area contributed by atoms with Crippen LogP contribution in [-0.2, 0) is 0 Å². The Morgan fingerprint density at radius 1 is 1.07 bits per heavy atom. The van der Waals surface area contributed by atoms with Crippen LogP contribution in [0.3, 0.4) is 0 Å². The van der Waals surface area contributed by atoms with Crippen molar-refractivity contribution in [2.24, 2.45) is 0 Å². The number of piperidine rings is 1. The summed E-state index contributed by atoms with van der Waals surface area (Å²) in [5.41, 5.74) is 2.79. The van der Waals surface area contributed by atoms with Crippen molar-refractivity contribution >= 4 is 17.3 Å². The Hall–Kier alpha value is -3.14. The van der Waals surface area contributed by atoms with Gasteiger partial charge in [0.1, 0.15) is 12.4 Å². The highest BCUT2D eigenvalue weighted by Crippen LogP contribution is 2.38. The Morgan fingerprint density at radius 3 is 2.46 bits per heavy atom. The van der Waals surface area contributed by atoms with Crippen molar-refractivity contribution in [3.05, 3.63) is 53.6 Å². The van der Waals surface area contributed by atoms with Crippen molar-refractivity contribution in [3.8, 4) is 11.8 Å². The first-order chi connectivity index (χ1) is 13.5. The third-order valence-corrected chi connectivity index (χ3v) is 5.16. The molecule has 1 fully saturated rings. The fourth-order valence-electron chi connectivity index (χ4n) is 3.56. The number of benzene rings is 2. The zero-order valence-electron chi connectivity index (χ0n) is 15.2. The first kappa shape index (κ1) is 18.2. The van der Waals surface area contributed by atoms with Crippen molar-refractivity contribution < 1.29 is 18.3 Å². The first-order valence-electron chi connectivity index (χ1n) is 9.18. The molecule has 0 spiro atoms. The van der Waals surface area contributed by atoms with E-state index in [0.29, 0.717) is 30.0 Å². The van der Waals surface area contributed by atoms with E-state index in [0.717, 1.165) is 11.4 Å². The van der Waals surface area contributed by atoms with Gasteiger partial charge in [-0.15, -0.1) is 0 Å². The highest BCUT2D eigenvalue weighted by atomic mass is 19.3. The molecule has 5 nitrogen and oxygen atoms in total. The number of fused-ring (bicyclic) bond motifs is 1. The monoisotopic (exact) mass is 383 g/mol. The maximum atomic E-state index is 13.3. The third kappa shape index (κ3) is 3.50. The average molecular weight is 383 g/mol. The summed E-state index contributed by atoms with van der Waals surface area (Å²) in [6.07, 6.45) is -0.598. The Kier molecular flexibility index (Phi) is 4.63. The number of hydrogen-bond donors (Lipinski definition) is 0. The third-order valence-electron chi connectivity index (χ3n) is 5.16. The van der Waals surface area contributed by atoms with Gasteiger partial charge in [0.25, 0.3) is 11.8 Å². The number of nitriles is 1. The molecule has 0 radical (unpaired) electrons. The van der Waals surface area contributed by atoms with Gasteiger partial charge in [0.15, 0.2) is 0 Å². The molecule has 0 N–H and O–H groups in total. The standard InChI is InChI=1S/C21H19F2N3O2/c22-21(23)7-9-25(10-8-21)20(27)16-3-6-18-19(13-16)28-12-11-26(18)17-4-1-15(14-24)2-5-17/h1-6,13H,7-12H2. The van der Waals surface area contributed by atoms with Crippen LogP contribution in [0.1, 0.15) is 28.8 Å². The molecular formula is C21H19F2N3O2. The Balaban J connectivity index is 1.56. The minimum Gasteiger partial charge on any atom is -0.490 e. The van der Waals surface area contributed by atoms with Gasteiger partial charge in [-0.25, -0.2) is 8.78 Å². The van der Waals surface area contributed by atoms with Crippen molar-refractivity contribution in [1.82, 2.24) is 4.90 Å². The van der Waals surface area contributed by atoms with Crippen LogP contribution in [0, 0.1) is 11.3 Å². The van der Waals surface area contributed by atoms with Gasteiger partial charge in [0, 0.05) is 37.2 Å². The van der Waals surface area contributed by atoms with Crippen molar-refractivity contribution in [3.63, 3.8) is 0 Å². The molecule has 0 saturated carbocycles. The molecule has 1 amide bonds. The largest absolute Gasteiger partial charge is 0.490 e. The van der Waals surface area contributed by atoms with Crippen molar-refractivity contribution in [2.75, 3.05) is 31.1 Å². The van der Waals surface area contributed by atoms with Gasteiger partial charge in [-0.1, -0.05) is 0 Å². The molecule has 2 aliphatic rings. The van der Waals surface area contributed by atoms with E-state index in [4.69, 9.17) is 10.00 Å². The molecule has 0 unspecified atom stereocenters. The Morgan fingerprint density at radius 2 is 1.79 bits per heavy atom. The van der Waals surface area contributed by atoms with E-state index in [1.807, 2.05) is 18.2 Å². The molecule has 2 aromatic rings. The summed E-state index contributed by atoms with van der Waals surface area (Å²) in [5, 5.41) is 8.95. The molecule has 2 aliphatic heterocycles. The lowest BCUT2D eigenvalue weighted by Crippen LogP contribution is -2.42. The van der Waals surface area contributed by atoms with Crippen LogP contribution in [0.4, 0.5) is 20.2 Å². The summed E-state index contributed by atoms with van der Waals surface area (Å²) in [5.74, 6) is -2.35. The van der Waals surface area contributed by atoms with Gasteiger partial charge in [-0.05, 0) is 42.5 Å². The minimum absolute atomic E-state index is 0.0567. The smallest absolute Gasteiger partial charge is 0.253 e. The predicted molar refractivity (Wildman–Crippen MR) is 100 cm³/mol. The lowest BCUT2D eigenvalue weighted by molar-refractivity contribution is -0.0494. The highest BCUT2D eigenvalue weighted by Gasteiger charge is 2.36. The number of nitrogens with zero attached hydrogens (tertiary/aromatic N) is 3. The van der Waals surface area contributed by atoms with Crippen LogP contribution in [0.2, 0.25) is 0 Å². The van der Waals surface area contributed by atoms with Gasteiger partial charge >= 0.3 is 0 Å². The van der Waals surface area contributed by atoms with Crippen LogP contribution in [0.15, 0.2) is 42.5 Å². The Bertz CT molecular complexity index is 928. The maximum absolute atomic E-state index is 13.3. The molecule has 0 bridgehead atoms. The number of amides is 1. The first-order valence-corrected chi connectivity index (χ1v) is 9.18. The second-order valence-electron chi connectivity index (χ2n) is 6.99. The lowest BCUT2D eigenvalue weighted by Gasteiger charge is -2.33. The molecule has 0 aromatic heterocycles. The van der Waals surface area contributed by atoms with Crippen molar-refractivity contribution in [1.29, 1.82) is 5.26 Å². The number of likely N-dealkylation sites (tertiary alicyclic amines) is 1. The number of carbonyl (C=O) groups excluding carboxylic acids is 1. The molecule has 2 aromatic carbocycles. The zero-order chi connectivity index (χ0) is 19.7. The number of anilines is 2. The van der Waals surface area contributed by atoms with Crippen LogP contribution in [0.5, 0.6) is 5.75 Å². The second-order valence-corrected chi connectivity index (χ2v) is 6.99. The summed E-state index contributed by atoms with van der Waals surface area (Å²) >= 11 is 0. The van der Waals surface area contributed by atoms with Gasteiger partial charge in [-0.3, -0.25) is 4.79 Å². The summed E-state index contributed by atoms with van der Waals surface area (Å²) in [7, 11) is 0. The molecule has 2 heterocycles. The number of carbonyl (C=O) groups is 1. The number of rotatable bonds is 2. The second kappa shape index (κ2) is 7.12. The number of hydrogen-bond acceptors (Lipinski definition) is 4. The normalized spacial score (nSPS) is 18.0. The van der Waals surface area contributed by atoms with Crippen LogP contribution < -0.4 is 9.64 Å². The molecule has 144 valence electrons. The summed E-state index contributed by atoms with van der Waals surface area (Å²) in [4.78, 5) is 16.2. The summed E-state index contributed by atoms with van der Waals surface area (Å²) in [6.45, 7) is 1.22. The molecule has 7 heteroatoms. The van der Waals surface area contributed by atoms with E-state index in [1.165, 1.54) is 4.90 Å². The molecule has 0 atom stereocenters. The Labute approximate surface area is 161 Å². The van der Waals surface area contributed by atoms with Gasteiger partial charge in [0.2, 0.25) is 0 Å². The lowest BCUT2D eigenvalue weighted by atomic mass is 10.0. The van der Waals surface area contributed by atoms with E-state index in [9.17, 15) is 13.6 Å². The number of halogens is 2. The molecular weight excluding hydrogens is 364 g/mol. The van der Waals surface area contributed by atoms with E-state index >= 15 is 0 Å². The van der Waals surface area contributed by atoms with Gasteiger partial charge in [0.05, 0.1) is 23.9 Å². The zero-order valence-corrected chi connectivity index (χ0v) is 15.2. The molecule has 28 heavy (non-hydrogen) atoms. The van der Waals surface area contributed by atoms with E-state index in [2.05, 4.69) is 11.0 Å². The van der Waals surface area contributed by atoms with E-state index < -0.39 is 5.92 Å². The SMILES string of the molecule is N#Cc1ccc(N2CCOc3cc(C(=O)N4CCC(F)(F)CC4)ccc32)cc1. The molecule has 1 saturated heterocycles. The summed E-state index contributed by atoms with van der Waals surface area (Å²) in [6, 6.07) is 14.6. The van der Waals surface area contributed by atoms with Crippen LogP contribution >= 0.6 is 0 Å². The van der Waals surface area contributed by atoms with Crippen LogP contribution in [-0.4, -0.2) is 43.0 Å².